The van der Waals surface area contributed by atoms with Crippen molar-refractivity contribution in [2.75, 3.05) is 55.7 Å². The van der Waals surface area contributed by atoms with Gasteiger partial charge in [-0.15, -0.1) is 0 Å². The second kappa shape index (κ2) is 9.37. The van der Waals surface area contributed by atoms with Gasteiger partial charge in [0, 0.05) is 56.3 Å². The van der Waals surface area contributed by atoms with E-state index in [9.17, 15) is 8.42 Å². The SMILES string of the molecule is CC1CCN(c2nc(N3CCOCC3)nc3c2CN(S(=O)(=O)c2ccc(Cl)cc2)CC3)CC1. The summed E-state index contributed by atoms with van der Waals surface area (Å²) in [5, 5.41) is 0.517. The minimum Gasteiger partial charge on any atom is -0.378 e. The molecular formula is C23H30ClN5O3S. The van der Waals surface area contributed by atoms with Crippen LogP contribution in [-0.4, -0.2) is 68.6 Å². The maximum Gasteiger partial charge on any atom is 0.243 e. The fourth-order valence-corrected chi connectivity index (χ4v) is 6.24. The first kappa shape index (κ1) is 22.8. The van der Waals surface area contributed by atoms with Gasteiger partial charge in [0.05, 0.1) is 23.8 Å². The topological polar surface area (TPSA) is 78.9 Å². The van der Waals surface area contributed by atoms with Crippen LogP contribution in [0.25, 0.3) is 0 Å². The molecular weight excluding hydrogens is 462 g/mol. The lowest BCUT2D eigenvalue weighted by Gasteiger charge is -2.37. The summed E-state index contributed by atoms with van der Waals surface area (Å²) in [5.41, 5.74) is 1.90. The number of aromatic nitrogens is 2. The Morgan fingerprint density at radius 2 is 1.67 bits per heavy atom. The second-order valence-electron chi connectivity index (χ2n) is 9.08. The Morgan fingerprint density at radius 1 is 0.970 bits per heavy atom. The number of rotatable bonds is 4. The van der Waals surface area contributed by atoms with E-state index in [-0.39, 0.29) is 11.4 Å². The van der Waals surface area contributed by atoms with Crippen molar-refractivity contribution in [2.45, 2.75) is 37.6 Å². The van der Waals surface area contributed by atoms with Gasteiger partial charge in [-0.05, 0) is 43.0 Å². The molecule has 0 atom stereocenters. The predicted octanol–water partition coefficient (Wildman–Crippen LogP) is 2.95. The number of fused-ring (bicyclic) bond motifs is 1. The molecule has 2 saturated heterocycles. The average molecular weight is 492 g/mol. The lowest BCUT2D eigenvalue weighted by molar-refractivity contribution is 0.122. The average Bonchev–Trinajstić information content (AvgIpc) is 2.84. The summed E-state index contributed by atoms with van der Waals surface area (Å²) in [5.74, 6) is 2.32. The van der Waals surface area contributed by atoms with Crippen LogP contribution in [0.1, 0.15) is 31.0 Å². The lowest BCUT2D eigenvalue weighted by atomic mass is 9.98. The van der Waals surface area contributed by atoms with E-state index >= 15 is 0 Å². The second-order valence-corrected chi connectivity index (χ2v) is 11.5. The number of anilines is 2. The summed E-state index contributed by atoms with van der Waals surface area (Å²) in [7, 11) is -3.63. The van der Waals surface area contributed by atoms with E-state index in [1.54, 1.807) is 28.6 Å². The van der Waals surface area contributed by atoms with E-state index in [1.165, 1.54) is 0 Å². The summed E-state index contributed by atoms with van der Waals surface area (Å²) in [4.78, 5) is 14.7. The standard InChI is InChI=1S/C23H30ClN5O3S/c1-17-6-9-27(10-7-17)22-20-16-29(33(30,31)19-4-2-18(24)3-5-19)11-8-21(20)25-23(26-22)28-12-14-32-15-13-28/h2-5,17H,6-16H2,1H3. The highest BCUT2D eigenvalue weighted by Gasteiger charge is 2.33. The van der Waals surface area contributed by atoms with Crippen LogP contribution in [0.15, 0.2) is 29.2 Å². The van der Waals surface area contributed by atoms with Crippen LogP contribution in [0, 0.1) is 5.92 Å². The van der Waals surface area contributed by atoms with Crippen LogP contribution in [-0.2, 0) is 27.7 Å². The Bertz CT molecular complexity index is 1100. The molecule has 8 nitrogen and oxygen atoms in total. The van der Waals surface area contributed by atoms with Gasteiger partial charge in [-0.25, -0.2) is 13.4 Å². The van der Waals surface area contributed by atoms with Crippen molar-refractivity contribution < 1.29 is 13.2 Å². The van der Waals surface area contributed by atoms with E-state index in [4.69, 9.17) is 26.3 Å². The van der Waals surface area contributed by atoms with Crippen LogP contribution < -0.4 is 9.80 Å². The molecule has 178 valence electrons. The summed E-state index contributed by atoms with van der Waals surface area (Å²) in [6.07, 6.45) is 2.79. The summed E-state index contributed by atoms with van der Waals surface area (Å²) >= 11 is 5.97. The van der Waals surface area contributed by atoms with E-state index in [0.29, 0.717) is 37.1 Å². The number of benzene rings is 1. The smallest absolute Gasteiger partial charge is 0.243 e. The van der Waals surface area contributed by atoms with Crippen LogP contribution >= 0.6 is 11.6 Å². The molecule has 2 aromatic rings. The minimum absolute atomic E-state index is 0.259. The van der Waals surface area contributed by atoms with Gasteiger partial charge in [-0.1, -0.05) is 18.5 Å². The summed E-state index contributed by atoms with van der Waals surface area (Å²) < 4.78 is 33.8. The van der Waals surface area contributed by atoms with Gasteiger partial charge < -0.3 is 14.5 Å². The predicted molar refractivity (Wildman–Crippen MR) is 128 cm³/mol. The number of piperidine rings is 1. The van der Waals surface area contributed by atoms with Gasteiger partial charge in [0.15, 0.2) is 0 Å². The first-order valence-electron chi connectivity index (χ1n) is 11.6. The molecule has 0 bridgehead atoms. The first-order valence-corrected chi connectivity index (χ1v) is 13.5. The summed E-state index contributed by atoms with van der Waals surface area (Å²) in [6, 6.07) is 6.37. The van der Waals surface area contributed by atoms with Crippen molar-refractivity contribution in [1.82, 2.24) is 14.3 Å². The monoisotopic (exact) mass is 491 g/mol. The van der Waals surface area contributed by atoms with Gasteiger partial charge in [0.25, 0.3) is 0 Å². The quantitative estimate of drug-likeness (QED) is 0.650. The Morgan fingerprint density at radius 3 is 2.36 bits per heavy atom. The lowest BCUT2D eigenvalue weighted by Crippen LogP contribution is -2.42. The van der Waals surface area contributed by atoms with Crippen LogP contribution in [0.2, 0.25) is 5.02 Å². The molecule has 0 aliphatic carbocycles. The Kier molecular flexibility index (Phi) is 6.48. The van der Waals surface area contributed by atoms with Crippen LogP contribution in [0.4, 0.5) is 11.8 Å². The van der Waals surface area contributed by atoms with Crippen molar-refractivity contribution in [3.05, 3.63) is 40.5 Å². The van der Waals surface area contributed by atoms with E-state index in [2.05, 4.69) is 16.7 Å². The van der Waals surface area contributed by atoms with Crippen molar-refractivity contribution >= 4 is 33.4 Å². The molecule has 0 radical (unpaired) electrons. The molecule has 0 amide bonds. The normalized spacial score (nSPS) is 20.7. The maximum absolute atomic E-state index is 13.4. The minimum atomic E-state index is -3.63. The highest BCUT2D eigenvalue weighted by atomic mass is 35.5. The van der Waals surface area contributed by atoms with Gasteiger partial charge in [-0.3, -0.25) is 0 Å². The number of halogens is 1. The number of hydrogen-bond acceptors (Lipinski definition) is 7. The third-order valence-electron chi connectivity index (χ3n) is 6.82. The van der Waals surface area contributed by atoms with E-state index < -0.39 is 10.0 Å². The van der Waals surface area contributed by atoms with Crippen molar-refractivity contribution in [3.8, 4) is 0 Å². The number of sulfonamides is 1. The fraction of sp³-hybridized carbons (Fsp3) is 0.565. The molecule has 10 heteroatoms. The van der Waals surface area contributed by atoms with E-state index in [0.717, 1.165) is 62.0 Å². The van der Waals surface area contributed by atoms with Crippen molar-refractivity contribution in [2.24, 2.45) is 5.92 Å². The molecule has 33 heavy (non-hydrogen) atoms. The molecule has 4 heterocycles. The van der Waals surface area contributed by atoms with Gasteiger partial charge in [-0.2, -0.15) is 9.29 Å². The zero-order chi connectivity index (χ0) is 23.0. The molecule has 0 spiro atoms. The largest absolute Gasteiger partial charge is 0.378 e. The highest BCUT2D eigenvalue weighted by Crippen LogP contribution is 2.33. The molecule has 3 aliphatic rings. The fourth-order valence-electron chi connectivity index (χ4n) is 4.71. The van der Waals surface area contributed by atoms with Crippen LogP contribution in [0.3, 0.4) is 0 Å². The Balaban J connectivity index is 1.50. The van der Waals surface area contributed by atoms with Crippen molar-refractivity contribution in [1.29, 1.82) is 0 Å². The maximum atomic E-state index is 13.4. The van der Waals surface area contributed by atoms with E-state index in [1.807, 2.05) is 0 Å². The zero-order valence-electron chi connectivity index (χ0n) is 18.9. The van der Waals surface area contributed by atoms with Crippen molar-refractivity contribution in [3.63, 3.8) is 0 Å². The molecule has 3 aliphatic heterocycles. The zero-order valence-corrected chi connectivity index (χ0v) is 20.5. The summed E-state index contributed by atoms with van der Waals surface area (Å²) in [6.45, 7) is 7.70. The molecule has 5 rings (SSSR count). The molecule has 0 unspecified atom stereocenters. The Labute approximate surface area is 200 Å². The molecule has 1 aromatic carbocycles. The third kappa shape index (κ3) is 4.69. The van der Waals surface area contributed by atoms with Gasteiger partial charge >= 0.3 is 0 Å². The Hall–Kier alpha value is -1.94. The molecule has 0 N–H and O–H groups in total. The molecule has 2 fully saturated rings. The first-order chi connectivity index (χ1) is 15.9. The number of morpholine rings is 1. The number of hydrogen-bond donors (Lipinski definition) is 0. The van der Waals surface area contributed by atoms with Gasteiger partial charge in [0.1, 0.15) is 5.82 Å². The molecule has 1 aromatic heterocycles. The third-order valence-corrected chi connectivity index (χ3v) is 8.93. The highest BCUT2D eigenvalue weighted by molar-refractivity contribution is 7.89. The van der Waals surface area contributed by atoms with Gasteiger partial charge in [0.2, 0.25) is 16.0 Å². The van der Waals surface area contributed by atoms with Crippen LogP contribution in [0.5, 0.6) is 0 Å². The number of ether oxygens (including phenoxy) is 1. The molecule has 0 saturated carbocycles. The number of nitrogens with zero attached hydrogens (tertiary/aromatic N) is 5.